The SMILES string of the molecule is COC(=O)CN1CC(=O)N(c2c3c(cc4c2CCC4)CCC3)C1=O. The van der Waals surface area contributed by atoms with Crippen LogP contribution in [0.4, 0.5) is 10.5 Å². The van der Waals surface area contributed by atoms with Gasteiger partial charge in [0.2, 0.25) is 0 Å². The van der Waals surface area contributed by atoms with Gasteiger partial charge >= 0.3 is 12.0 Å². The molecule has 24 heavy (non-hydrogen) atoms. The fraction of sp³-hybridized carbons (Fsp3) is 0.500. The third-order valence-corrected chi connectivity index (χ3v) is 5.25. The van der Waals surface area contributed by atoms with Gasteiger partial charge in [-0.3, -0.25) is 9.59 Å². The second-order valence-corrected chi connectivity index (χ2v) is 6.65. The van der Waals surface area contributed by atoms with E-state index in [1.165, 1.54) is 28.0 Å². The molecule has 0 atom stereocenters. The van der Waals surface area contributed by atoms with Crippen molar-refractivity contribution in [2.24, 2.45) is 0 Å². The van der Waals surface area contributed by atoms with Crippen molar-refractivity contribution in [3.8, 4) is 0 Å². The Morgan fingerprint density at radius 2 is 1.71 bits per heavy atom. The number of hydrogen-bond acceptors (Lipinski definition) is 4. The first-order valence-corrected chi connectivity index (χ1v) is 8.45. The highest BCUT2D eigenvalue weighted by atomic mass is 16.5. The molecule has 126 valence electrons. The third kappa shape index (κ3) is 2.20. The number of rotatable bonds is 3. The average molecular weight is 328 g/mol. The van der Waals surface area contributed by atoms with Gasteiger partial charge in [0.15, 0.2) is 0 Å². The Kier molecular flexibility index (Phi) is 3.55. The molecule has 0 unspecified atom stereocenters. The quantitative estimate of drug-likeness (QED) is 0.624. The average Bonchev–Trinajstić information content (AvgIpc) is 3.26. The minimum Gasteiger partial charge on any atom is -0.468 e. The first-order valence-electron chi connectivity index (χ1n) is 8.45. The van der Waals surface area contributed by atoms with Crippen LogP contribution in [0, 0.1) is 0 Å². The number of carbonyl (C=O) groups excluding carboxylic acids is 3. The van der Waals surface area contributed by atoms with E-state index in [4.69, 9.17) is 0 Å². The van der Waals surface area contributed by atoms with Gasteiger partial charge in [0.05, 0.1) is 12.8 Å². The number of amides is 3. The summed E-state index contributed by atoms with van der Waals surface area (Å²) >= 11 is 0. The molecule has 0 radical (unpaired) electrons. The normalized spacial score (nSPS) is 19.0. The van der Waals surface area contributed by atoms with E-state index in [2.05, 4.69) is 10.8 Å². The molecule has 6 heteroatoms. The van der Waals surface area contributed by atoms with E-state index in [-0.39, 0.29) is 19.0 Å². The lowest BCUT2D eigenvalue weighted by Gasteiger charge is -2.22. The summed E-state index contributed by atoms with van der Waals surface area (Å²) in [6.07, 6.45) is 5.97. The highest BCUT2D eigenvalue weighted by molar-refractivity contribution is 6.21. The maximum absolute atomic E-state index is 12.8. The number of methoxy groups -OCH3 is 1. The van der Waals surface area contributed by atoms with Crippen molar-refractivity contribution in [3.05, 3.63) is 28.3 Å². The first-order chi connectivity index (χ1) is 11.6. The maximum Gasteiger partial charge on any atom is 0.332 e. The molecule has 0 bridgehead atoms. The van der Waals surface area contributed by atoms with Crippen LogP contribution in [0.15, 0.2) is 6.07 Å². The van der Waals surface area contributed by atoms with Crippen molar-refractivity contribution in [1.29, 1.82) is 0 Å². The van der Waals surface area contributed by atoms with E-state index in [0.717, 1.165) is 55.3 Å². The largest absolute Gasteiger partial charge is 0.468 e. The monoisotopic (exact) mass is 328 g/mol. The standard InChI is InChI=1S/C18H20N2O4/c1-24-16(22)10-19-9-15(21)20(18(19)23)17-13-6-2-4-11(13)8-12-5-3-7-14(12)17/h8H,2-7,9-10H2,1H3. The molecule has 0 spiro atoms. The molecule has 6 nitrogen and oxygen atoms in total. The number of benzene rings is 1. The van der Waals surface area contributed by atoms with Crippen LogP contribution >= 0.6 is 0 Å². The number of ether oxygens (including phenoxy) is 1. The number of aryl methyl sites for hydroxylation is 2. The zero-order valence-electron chi connectivity index (χ0n) is 13.8. The van der Waals surface area contributed by atoms with Crippen molar-refractivity contribution in [2.75, 3.05) is 25.1 Å². The number of hydrogen-bond donors (Lipinski definition) is 0. The number of esters is 1. The number of urea groups is 1. The lowest BCUT2D eigenvalue weighted by molar-refractivity contribution is -0.141. The topological polar surface area (TPSA) is 66.9 Å². The van der Waals surface area contributed by atoms with Crippen LogP contribution in [-0.4, -0.2) is 43.0 Å². The molecule has 0 saturated carbocycles. The van der Waals surface area contributed by atoms with E-state index in [9.17, 15) is 14.4 Å². The van der Waals surface area contributed by atoms with E-state index in [0.29, 0.717) is 0 Å². The van der Waals surface area contributed by atoms with Gasteiger partial charge in [0, 0.05) is 0 Å². The maximum atomic E-state index is 12.8. The molecular formula is C18H20N2O4. The lowest BCUT2D eigenvalue weighted by Crippen LogP contribution is -2.37. The second kappa shape index (κ2) is 5.61. The van der Waals surface area contributed by atoms with E-state index in [1.54, 1.807) is 0 Å². The van der Waals surface area contributed by atoms with Crippen molar-refractivity contribution in [1.82, 2.24) is 4.90 Å². The van der Waals surface area contributed by atoms with E-state index >= 15 is 0 Å². The summed E-state index contributed by atoms with van der Waals surface area (Å²) in [5.74, 6) is -0.764. The number of imide groups is 1. The molecule has 1 aromatic rings. The van der Waals surface area contributed by atoms with Crippen LogP contribution in [0.2, 0.25) is 0 Å². The number of fused-ring (bicyclic) bond motifs is 2. The Balaban J connectivity index is 1.76. The molecule has 3 aliphatic rings. The lowest BCUT2D eigenvalue weighted by atomic mass is 9.98. The third-order valence-electron chi connectivity index (χ3n) is 5.25. The van der Waals surface area contributed by atoms with Gasteiger partial charge in [0.1, 0.15) is 13.1 Å². The van der Waals surface area contributed by atoms with Crippen molar-refractivity contribution < 1.29 is 19.1 Å². The Labute approximate surface area is 140 Å². The zero-order valence-corrected chi connectivity index (χ0v) is 13.8. The van der Waals surface area contributed by atoms with Crippen molar-refractivity contribution in [2.45, 2.75) is 38.5 Å². The predicted octanol–water partition coefficient (Wildman–Crippen LogP) is 1.61. The summed E-state index contributed by atoms with van der Waals surface area (Å²) < 4.78 is 4.62. The van der Waals surface area contributed by atoms with Crippen LogP contribution in [-0.2, 0) is 40.0 Å². The van der Waals surface area contributed by atoms with Crippen LogP contribution in [0.25, 0.3) is 0 Å². The number of anilines is 1. The van der Waals surface area contributed by atoms with Gasteiger partial charge in [-0.1, -0.05) is 6.07 Å². The van der Waals surface area contributed by atoms with Crippen molar-refractivity contribution >= 4 is 23.6 Å². The molecule has 1 heterocycles. The molecule has 3 amide bonds. The minimum atomic E-state index is -0.512. The van der Waals surface area contributed by atoms with Gasteiger partial charge in [0.25, 0.3) is 5.91 Å². The summed E-state index contributed by atoms with van der Waals surface area (Å²) in [6.45, 7) is -0.249. The van der Waals surface area contributed by atoms with Gasteiger partial charge in [-0.05, 0) is 60.8 Å². The zero-order chi connectivity index (χ0) is 16.8. The molecule has 1 aliphatic heterocycles. The Morgan fingerprint density at radius 1 is 1.08 bits per heavy atom. The molecule has 0 aromatic heterocycles. The molecule has 1 fully saturated rings. The summed E-state index contributed by atoms with van der Waals surface area (Å²) in [6, 6.07) is 1.87. The summed E-state index contributed by atoms with van der Waals surface area (Å²) in [7, 11) is 1.28. The van der Waals surface area contributed by atoms with Gasteiger partial charge < -0.3 is 9.64 Å². The highest BCUT2D eigenvalue weighted by Gasteiger charge is 2.41. The summed E-state index contributed by atoms with van der Waals surface area (Å²) in [5.41, 5.74) is 5.67. The fourth-order valence-corrected chi connectivity index (χ4v) is 4.17. The summed E-state index contributed by atoms with van der Waals surface area (Å²) in [5, 5.41) is 0. The van der Waals surface area contributed by atoms with Crippen molar-refractivity contribution in [3.63, 3.8) is 0 Å². The minimum absolute atomic E-state index is 0.0631. The second-order valence-electron chi connectivity index (χ2n) is 6.65. The summed E-state index contributed by atoms with van der Waals surface area (Å²) in [4.78, 5) is 39.4. The van der Waals surface area contributed by atoms with Crippen LogP contribution < -0.4 is 4.90 Å². The molecule has 1 saturated heterocycles. The van der Waals surface area contributed by atoms with Gasteiger partial charge in [-0.25, -0.2) is 9.69 Å². The molecule has 4 rings (SSSR count). The molecular weight excluding hydrogens is 308 g/mol. The molecule has 1 aromatic carbocycles. The van der Waals surface area contributed by atoms with Crippen LogP contribution in [0.1, 0.15) is 35.1 Å². The van der Waals surface area contributed by atoms with E-state index in [1.807, 2.05) is 0 Å². The Morgan fingerprint density at radius 3 is 2.29 bits per heavy atom. The van der Waals surface area contributed by atoms with E-state index < -0.39 is 12.0 Å². The predicted molar refractivity (Wildman–Crippen MR) is 87.0 cm³/mol. The van der Waals surface area contributed by atoms with Crippen LogP contribution in [0.3, 0.4) is 0 Å². The fourth-order valence-electron chi connectivity index (χ4n) is 4.17. The Bertz CT molecular complexity index is 724. The smallest absolute Gasteiger partial charge is 0.332 e. The van der Waals surface area contributed by atoms with Crippen LogP contribution in [0.5, 0.6) is 0 Å². The number of nitrogens with zero attached hydrogens (tertiary/aromatic N) is 2. The highest BCUT2D eigenvalue weighted by Crippen LogP contribution is 2.41. The number of carbonyl (C=O) groups is 3. The molecule has 2 aliphatic carbocycles. The Hall–Kier alpha value is -2.37. The van der Waals surface area contributed by atoms with Gasteiger partial charge in [-0.2, -0.15) is 0 Å². The first kappa shape index (κ1) is 15.2. The molecule has 0 N–H and O–H groups in total. The van der Waals surface area contributed by atoms with Gasteiger partial charge in [-0.15, -0.1) is 0 Å².